The molecule has 0 saturated carbocycles. The van der Waals surface area contributed by atoms with Crippen LogP contribution in [-0.4, -0.2) is 24.5 Å². The van der Waals surface area contributed by atoms with E-state index in [4.69, 9.17) is 9.84 Å². The second-order valence-corrected chi connectivity index (χ2v) is 3.53. The molecule has 0 unspecified atom stereocenters. The molecule has 0 radical (unpaired) electrons. The smallest absolute Gasteiger partial charge is 0.384 e. The zero-order valence-electron chi connectivity index (χ0n) is 9.63. The van der Waals surface area contributed by atoms with Crippen molar-refractivity contribution in [2.45, 2.75) is 19.2 Å². The Morgan fingerprint density at radius 3 is 2.61 bits per heavy atom. The lowest BCUT2D eigenvalue weighted by atomic mass is 10.1. The highest BCUT2D eigenvalue weighted by Crippen LogP contribution is 2.19. The van der Waals surface area contributed by atoms with Crippen LogP contribution in [-0.2, 0) is 11.3 Å². The maximum absolute atomic E-state index is 11.9. The van der Waals surface area contributed by atoms with Gasteiger partial charge in [0.15, 0.2) is 0 Å². The first-order valence-corrected chi connectivity index (χ1v) is 5.35. The number of alkyl halides is 3. The molecular formula is C13H13F3O2. The molecule has 18 heavy (non-hydrogen) atoms. The van der Waals surface area contributed by atoms with E-state index in [0.29, 0.717) is 11.1 Å². The number of aliphatic hydroxyl groups is 1. The van der Waals surface area contributed by atoms with Crippen molar-refractivity contribution in [1.29, 1.82) is 0 Å². The summed E-state index contributed by atoms with van der Waals surface area (Å²) in [4.78, 5) is 0. The van der Waals surface area contributed by atoms with Crippen LogP contribution in [0, 0.1) is 11.8 Å². The van der Waals surface area contributed by atoms with E-state index in [9.17, 15) is 13.2 Å². The van der Waals surface area contributed by atoms with Crippen molar-refractivity contribution in [2.24, 2.45) is 0 Å². The van der Waals surface area contributed by atoms with Gasteiger partial charge in [0.25, 0.3) is 0 Å². The quantitative estimate of drug-likeness (QED) is 0.664. The van der Waals surface area contributed by atoms with Gasteiger partial charge in [-0.2, -0.15) is 13.2 Å². The highest BCUT2D eigenvalue weighted by atomic mass is 19.4. The summed E-state index contributed by atoms with van der Waals surface area (Å²) in [5, 5.41) is 8.59. The van der Waals surface area contributed by atoms with Gasteiger partial charge < -0.3 is 9.84 Å². The van der Waals surface area contributed by atoms with Crippen LogP contribution in [0.25, 0.3) is 0 Å². The molecule has 5 heteroatoms. The van der Waals surface area contributed by atoms with Crippen LogP contribution in [0.2, 0.25) is 0 Å². The molecule has 0 amide bonds. The number of rotatable bonds is 4. The van der Waals surface area contributed by atoms with Gasteiger partial charge in [0.05, 0.1) is 19.6 Å². The molecular weight excluding hydrogens is 245 g/mol. The summed E-state index contributed by atoms with van der Waals surface area (Å²) >= 11 is 0. The Morgan fingerprint density at radius 2 is 1.94 bits per heavy atom. The van der Waals surface area contributed by atoms with Gasteiger partial charge in [-0.3, -0.25) is 0 Å². The Labute approximate surface area is 103 Å². The molecule has 0 fully saturated rings. The van der Waals surface area contributed by atoms with Crippen molar-refractivity contribution in [2.75, 3.05) is 13.2 Å². The number of halogens is 3. The highest BCUT2D eigenvalue weighted by molar-refractivity contribution is 5.40. The molecule has 1 aromatic carbocycles. The van der Waals surface area contributed by atoms with Crippen LogP contribution < -0.4 is 0 Å². The maximum Gasteiger partial charge on any atom is 0.391 e. The van der Waals surface area contributed by atoms with E-state index in [1.165, 1.54) is 0 Å². The number of hydrogen-bond acceptors (Lipinski definition) is 2. The summed E-state index contributed by atoms with van der Waals surface area (Å²) in [5.41, 5.74) is 1.36. The van der Waals surface area contributed by atoms with Gasteiger partial charge in [0, 0.05) is 5.56 Å². The lowest BCUT2D eigenvalue weighted by molar-refractivity contribution is -0.146. The average molecular weight is 258 g/mol. The third-order valence-corrected chi connectivity index (χ3v) is 2.11. The summed E-state index contributed by atoms with van der Waals surface area (Å²) in [7, 11) is 0. The Morgan fingerprint density at radius 1 is 1.22 bits per heavy atom. The van der Waals surface area contributed by atoms with Crippen molar-refractivity contribution in [3.05, 3.63) is 35.4 Å². The minimum Gasteiger partial charge on any atom is -0.384 e. The monoisotopic (exact) mass is 258 g/mol. The van der Waals surface area contributed by atoms with Crippen LogP contribution in [0.1, 0.15) is 17.5 Å². The third kappa shape index (κ3) is 5.71. The van der Waals surface area contributed by atoms with Crippen molar-refractivity contribution in [1.82, 2.24) is 0 Å². The largest absolute Gasteiger partial charge is 0.391 e. The Kier molecular flexibility index (Phi) is 5.69. The van der Waals surface area contributed by atoms with Crippen LogP contribution in [0.15, 0.2) is 24.3 Å². The molecule has 0 bridgehead atoms. The molecule has 98 valence electrons. The third-order valence-electron chi connectivity index (χ3n) is 2.11. The lowest BCUT2D eigenvalue weighted by Gasteiger charge is -2.08. The number of hydrogen-bond donors (Lipinski definition) is 1. The fraction of sp³-hybridized carbons (Fsp3) is 0.385. The summed E-state index contributed by atoms with van der Waals surface area (Å²) in [5.74, 6) is 5.21. The van der Waals surface area contributed by atoms with Gasteiger partial charge in [0.2, 0.25) is 0 Å². The predicted octanol–water partition coefficient (Wildman–Crippen LogP) is 2.50. The summed E-state index contributed by atoms with van der Waals surface area (Å²) in [6.45, 7) is -0.555. The topological polar surface area (TPSA) is 29.5 Å². The molecule has 0 aliphatic heterocycles. The molecule has 0 aliphatic carbocycles. The van der Waals surface area contributed by atoms with Gasteiger partial charge in [-0.1, -0.05) is 30.0 Å². The van der Waals surface area contributed by atoms with Gasteiger partial charge >= 0.3 is 6.18 Å². The number of ether oxygens (including phenoxy) is 1. The molecule has 1 rings (SSSR count). The molecule has 1 N–H and O–H groups in total. The summed E-state index contributed by atoms with van der Waals surface area (Å²) in [6.07, 6.45) is -5.16. The molecule has 0 saturated heterocycles. The molecule has 0 heterocycles. The normalized spacial score (nSPS) is 10.9. The lowest BCUT2D eigenvalue weighted by Crippen LogP contribution is -2.11. The summed E-state index contributed by atoms with van der Waals surface area (Å²) < 4.78 is 40.7. The first kappa shape index (κ1) is 14.6. The van der Waals surface area contributed by atoms with Crippen LogP contribution in [0.3, 0.4) is 0 Å². The van der Waals surface area contributed by atoms with E-state index < -0.39 is 12.6 Å². The molecule has 0 atom stereocenters. The second kappa shape index (κ2) is 7.04. The van der Waals surface area contributed by atoms with Crippen LogP contribution in [0.4, 0.5) is 13.2 Å². The van der Waals surface area contributed by atoms with Crippen LogP contribution >= 0.6 is 0 Å². The SMILES string of the molecule is OCC#Cc1ccccc1COCCC(F)(F)F. The van der Waals surface area contributed by atoms with Crippen molar-refractivity contribution in [3.63, 3.8) is 0 Å². The second-order valence-electron chi connectivity index (χ2n) is 3.53. The van der Waals surface area contributed by atoms with Gasteiger partial charge in [-0.05, 0) is 11.6 Å². The average Bonchev–Trinajstić information content (AvgIpc) is 2.32. The van der Waals surface area contributed by atoms with E-state index in [2.05, 4.69) is 11.8 Å². The minimum atomic E-state index is -4.20. The fourth-order valence-corrected chi connectivity index (χ4v) is 1.27. The minimum absolute atomic E-state index is 0.0758. The van der Waals surface area contributed by atoms with Gasteiger partial charge in [-0.15, -0.1) is 0 Å². The van der Waals surface area contributed by atoms with Crippen molar-refractivity contribution >= 4 is 0 Å². The molecule has 0 aliphatic rings. The van der Waals surface area contributed by atoms with Crippen molar-refractivity contribution in [3.8, 4) is 11.8 Å². The molecule has 1 aromatic rings. The first-order chi connectivity index (χ1) is 8.53. The number of benzene rings is 1. The molecule has 0 aromatic heterocycles. The van der Waals surface area contributed by atoms with Crippen LogP contribution in [0.5, 0.6) is 0 Å². The van der Waals surface area contributed by atoms with E-state index in [0.717, 1.165) is 0 Å². The van der Waals surface area contributed by atoms with E-state index in [1.54, 1.807) is 24.3 Å². The highest BCUT2D eigenvalue weighted by Gasteiger charge is 2.26. The van der Waals surface area contributed by atoms with Gasteiger partial charge in [0.1, 0.15) is 6.61 Å². The van der Waals surface area contributed by atoms with E-state index >= 15 is 0 Å². The zero-order valence-corrected chi connectivity index (χ0v) is 9.63. The first-order valence-electron chi connectivity index (χ1n) is 5.35. The Bertz CT molecular complexity index is 430. The standard InChI is InChI=1S/C13H13F3O2/c14-13(15,16)7-9-18-10-12-5-2-1-4-11(12)6-3-8-17/h1-2,4-5,17H,7-10H2. The van der Waals surface area contributed by atoms with Crippen molar-refractivity contribution < 1.29 is 23.0 Å². The van der Waals surface area contributed by atoms with E-state index in [1.807, 2.05) is 0 Å². The predicted molar refractivity (Wildman–Crippen MR) is 60.7 cm³/mol. The molecule has 2 nitrogen and oxygen atoms in total. The Hall–Kier alpha value is -1.51. The molecule has 0 spiro atoms. The Balaban J connectivity index is 2.52. The van der Waals surface area contributed by atoms with E-state index in [-0.39, 0.29) is 19.8 Å². The van der Waals surface area contributed by atoms with Gasteiger partial charge in [-0.25, -0.2) is 0 Å². The maximum atomic E-state index is 11.9. The fourth-order valence-electron chi connectivity index (χ4n) is 1.27. The number of aliphatic hydroxyl groups excluding tert-OH is 1. The zero-order chi connectivity index (χ0) is 13.4. The summed E-state index contributed by atoms with van der Waals surface area (Å²) in [6, 6.07) is 6.98.